The molecule has 0 amide bonds. The molecule has 0 bridgehead atoms. The van der Waals surface area contributed by atoms with Crippen LogP contribution in [0.15, 0.2) is 12.7 Å². The summed E-state index contributed by atoms with van der Waals surface area (Å²) in [7, 11) is -3.30. The normalized spacial score (nSPS) is 10.8. The van der Waals surface area contributed by atoms with Gasteiger partial charge in [-0.3, -0.25) is 0 Å². The van der Waals surface area contributed by atoms with Crippen LogP contribution in [0.4, 0.5) is 0 Å². The Hall–Kier alpha value is -0.140. The Bertz CT molecular complexity index is 141. The SMILES string of the molecule is C=CCO[P+](C)=O.C[P+](=O)O. The highest BCUT2D eigenvalue weighted by atomic mass is 31.1. The Morgan fingerprint density at radius 3 is 2.00 bits per heavy atom. The molecule has 0 aliphatic heterocycles. The molecule has 0 aromatic rings. The average Bonchev–Trinajstić information content (AvgIpc) is 1.82. The first-order valence-corrected chi connectivity index (χ1v) is 6.03. The van der Waals surface area contributed by atoms with Gasteiger partial charge in [-0.15, -0.1) is 11.1 Å². The van der Waals surface area contributed by atoms with E-state index in [2.05, 4.69) is 11.1 Å². The van der Waals surface area contributed by atoms with Gasteiger partial charge in [-0.05, 0) is 9.13 Å². The Balaban J connectivity index is 0. The molecule has 0 fully saturated rings. The maximum absolute atomic E-state index is 10.1. The zero-order valence-corrected chi connectivity index (χ0v) is 8.35. The Morgan fingerprint density at radius 2 is 1.91 bits per heavy atom. The zero-order chi connectivity index (χ0) is 9.28. The van der Waals surface area contributed by atoms with E-state index in [0.717, 1.165) is 0 Å². The first kappa shape index (κ1) is 13.4. The molecule has 0 aromatic heterocycles. The third kappa shape index (κ3) is 40.9. The minimum atomic E-state index is -1.87. The van der Waals surface area contributed by atoms with Gasteiger partial charge in [-0.2, -0.15) is 4.89 Å². The first-order valence-electron chi connectivity index (χ1n) is 2.75. The molecule has 0 aromatic carbocycles. The quantitative estimate of drug-likeness (QED) is 0.555. The highest BCUT2D eigenvalue weighted by molar-refractivity contribution is 7.38. The van der Waals surface area contributed by atoms with Crippen molar-refractivity contribution in [1.82, 2.24) is 0 Å². The van der Waals surface area contributed by atoms with Gasteiger partial charge in [-0.25, -0.2) is 0 Å². The largest absolute Gasteiger partial charge is 0.505 e. The fourth-order valence-corrected chi connectivity index (χ4v) is 0.473. The Morgan fingerprint density at radius 1 is 1.55 bits per heavy atom. The second-order valence-corrected chi connectivity index (χ2v) is 3.55. The van der Waals surface area contributed by atoms with E-state index in [1.54, 1.807) is 6.08 Å². The lowest BCUT2D eigenvalue weighted by Crippen LogP contribution is -1.75. The van der Waals surface area contributed by atoms with Crippen molar-refractivity contribution in [3.8, 4) is 0 Å². The number of hydrogen-bond donors (Lipinski definition) is 1. The predicted molar refractivity (Wildman–Crippen MR) is 45.4 cm³/mol. The lowest BCUT2D eigenvalue weighted by atomic mass is 10.7. The van der Waals surface area contributed by atoms with Crippen LogP contribution < -0.4 is 0 Å². The van der Waals surface area contributed by atoms with Crippen molar-refractivity contribution in [2.24, 2.45) is 0 Å². The van der Waals surface area contributed by atoms with Crippen LogP contribution in [-0.4, -0.2) is 24.8 Å². The molecule has 0 spiro atoms. The highest BCUT2D eigenvalue weighted by Crippen LogP contribution is 2.13. The Kier molecular flexibility index (Phi) is 12.1. The fraction of sp³-hybridized carbons (Fsp3) is 0.600. The van der Waals surface area contributed by atoms with Crippen LogP contribution in [0.1, 0.15) is 0 Å². The van der Waals surface area contributed by atoms with Crippen LogP contribution in [0.2, 0.25) is 0 Å². The lowest BCUT2D eigenvalue weighted by Gasteiger charge is -1.73. The van der Waals surface area contributed by atoms with E-state index < -0.39 is 16.1 Å². The van der Waals surface area contributed by atoms with Crippen molar-refractivity contribution in [3.63, 3.8) is 0 Å². The molecular formula is C5H12O4P2+2. The second kappa shape index (κ2) is 9.86. The summed E-state index contributed by atoms with van der Waals surface area (Å²) in [6.07, 6.45) is 1.57. The van der Waals surface area contributed by atoms with E-state index in [4.69, 9.17) is 9.46 Å². The van der Waals surface area contributed by atoms with Crippen molar-refractivity contribution in [2.75, 3.05) is 19.9 Å². The van der Waals surface area contributed by atoms with Crippen LogP contribution in [0.3, 0.4) is 0 Å². The predicted octanol–water partition coefficient (Wildman–Crippen LogP) is 1.91. The second-order valence-electron chi connectivity index (χ2n) is 1.49. The summed E-state index contributed by atoms with van der Waals surface area (Å²) in [5.74, 6) is 0. The molecule has 4 nitrogen and oxygen atoms in total. The van der Waals surface area contributed by atoms with Crippen molar-refractivity contribution < 1.29 is 18.5 Å². The summed E-state index contributed by atoms with van der Waals surface area (Å²) in [5.41, 5.74) is 0. The van der Waals surface area contributed by atoms with Gasteiger partial charge < -0.3 is 0 Å². The van der Waals surface area contributed by atoms with Gasteiger partial charge >= 0.3 is 16.1 Å². The van der Waals surface area contributed by atoms with E-state index in [9.17, 15) is 4.57 Å². The standard InChI is InChI=1S/C4H8O2P.CH3O2P/c1-3-4-6-7(2)5;1-4(2)3/h3H,1,4H2,2H3;1H3/q+1;/p+1. The maximum atomic E-state index is 10.1. The van der Waals surface area contributed by atoms with Gasteiger partial charge in [0.05, 0.1) is 0 Å². The summed E-state index contributed by atoms with van der Waals surface area (Å²) in [4.78, 5) is 7.56. The van der Waals surface area contributed by atoms with Crippen LogP contribution >= 0.6 is 16.1 Å². The maximum Gasteiger partial charge on any atom is 0.505 e. The Labute approximate surface area is 68.0 Å². The summed E-state index contributed by atoms with van der Waals surface area (Å²) >= 11 is 0. The van der Waals surface area contributed by atoms with E-state index in [-0.39, 0.29) is 0 Å². The molecule has 6 heteroatoms. The minimum absolute atomic E-state index is 0.381. The van der Waals surface area contributed by atoms with E-state index in [0.29, 0.717) is 6.61 Å². The van der Waals surface area contributed by atoms with Crippen LogP contribution in [-0.2, 0) is 13.7 Å². The van der Waals surface area contributed by atoms with Gasteiger partial charge in [0.15, 0.2) is 13.3 Å². The average molecular weight is 198 g/mol. The molecular weight excluding hydrogens is 186 g/mol. The van der Waals surface area contributed by atoms with Crippen molar-refractivity contribution in [2.45, 2.75) is 0 Å². The highest BCUT2D eigenvalue weighted by Gasteiger charge is 2.01. The smallest absolute Gasteiger partial charge is 0.161 e. The molecule has 0 rings (SSSR count). The molecule has 0 aliphatic carbocycles. The molecule has 2 unspecified atom stereocenters. The monoisotopic (exact) mass is 198 g/mol. The molecule has 0 aliphatic rings. The summed E-state index contributed by atoms with van der Waals surface area (Å²) in [6.45, 7) is 6.50. The van der Waals surface area contributed by atoms with E-state index >= 15 is 0 Å². The van der Waals surface area contributed by atoms with Crippen LogP contribution in [0.25, 0.3) is 0 Å². The summed E-state index contributed by atoms with van der Waals surface area (Å²) in [6, 6.07) is 0. The zero-order valence-electron chi connectivity index (χ0n) is 6.56. The van der Waals surface area contributed by atoms with Gasteiger partial charge in [-0.1, -0.05) is 6.08 Å². The molecule has 11 heavy (non-hydrogen) atoms. The molecule has 0 saturated carbocycles. The molecule has 64 valence electrons. The van der Waals surface area contributed by atoms with Crippen molar-refractivity contribution in [3.05, 3.63) is 12.7 Å². The minimum Gasteiger partial charge on any atom is -0.161 e. The summed E-state index contributed by atoms with van der Waals surface area (Å²) < 4.78 is 23.8. The summed E-state index contributed by atoms with van der Waals surface area (Å²) in [5, 5.41) is 0. The van der Waals surface area contributed by atoms with Crippen molar-refractivity contribution >= 4 is 16.1 Å². The van der Waals surface area contributed by atoms with Gasteiger partial charge in [0.25, 0.3) is 0 Å². The molecule has 0 heterocycles. The number of rotatable bonds is 3. The van der Waals surface area contributed by atoms with Gasteiger partial charge in [0.1, 0.15) is 6.61 Å². The van der Waals surface area contributed by atoms with Crippen molar-refractivity contribution in [1.29, 1.82) is 0 Å². The molecule has 0 radical (unpaired) electrons. The lowest BCUT2D eigenvalue weighted by molar-refractivity contribution is 0.375. The van der Waals surface area contributed by atoms with E-state index in [1.807, 2.05) is 0 Å². The third-order valence-corrected chi connectivity index (χ3v) is 0.887. The molecule has 0 saturated heterocycles. The van der Waals surface area contributed by atoms with Crippen LogP contribution in [0, 0.1) is 0 Å². The fourth-order valence-electron chi connectivity index (χ4n) is 0.158. The third-order valence-electron chi connectivity index (χ3n) is 0.374. The number of hydrogen-bond acceptors (Lipinski definition) is 3. The van der Waals surface area contributed by atoms with Gasteiger partial charge in [0, 0.05) is 0 Å². The molecule has 2 atom stereocenters. The van der Waals surface area contributed by atoms with E-state index in [1.165, 1.54) is 13.3 Å². The molecule has 1 N–H and O–H groups in total. The van der Waals surface area contributed by atoms with Gasteiger partial charge in [0.2, 0.25) is 0 Å². The topological polar surface area (TPSA) is 63.6 Å². The first-order chi connectivity index (χ1) is 5.00. The van der Waals surface area contributed by atoms with Crippen LogP contribution in [0.5, 0.6) is 0 Å².